The van der Waals surface area contributed by atoms with Crippen LogP contribution < -0.4 is 10.1 Å². The largest absolute Gasteiger partial charge is 0.573 e. The Morgan fingerprint density at radius 2 is 1.85 bits per heavy atom. The topological polar surface area (TPSA) is 21.3 Å². The number of rotatable bonds is 2. The van der Waals surface area contributed by atoms with Gasteiger partial charge in [0.2, 0.25) is 0 Å². The summed E-state index contributed by atoms with van der Waals surface area (Å²) in [5, 5.41) is 4.56. The van der Waals surface area contributed by atoms with E-state index in [4.69, 9.17) is 23.2 Å². The minimum atomic E-state index is -4.71. The summed E-state index contributed by atoms with van der Waals surface area (Å²) in [5.74, 6) is -0.0536. The number of anilines is 1. The number of halogens is 5. The molecule has 0 saturated carbocycles. The highest BCUT2D eigenvalue weighted by Crippen LogP contribution is 2.51. The second-order valence-electron chi connectivity index (χ2n) is 6.44. The van der Waals surface area contributed by atoms with Crippen LogP contribution >= 0.6 is 23.2 Å². The molecule has 1 aliphatic heterocycles. The normalized spacial score (nSPS) is 24.0. The summed E-state index contributed by atoms with van der Waals surface area (Å²) < 4.78 is 41.6. The molecule has 0 radical (unpaired) electrons. The van der Waals surface area contributed by atoms with Crippen molar-refractivity contribution in [1.82, 2.24) is 0 Å². The van der Waals surface area contributed by atoms with Gasteiger partial charge in [0.1, 0.15) is 5.75 Å². The van der Waals surface area contributed by atoms with Gasteiger partial charge in [0, 0.05) is 21.7 Å². The molecule has 0 fully saturated rings. The third-order valence-corrected chi connectivity index (χ3v) is 5.43. The zero-order chi connectivity index (χ0) is 18.5. The molecule has 2 aliphatic rings. The van der Waals surface area contributed by atoms with Gasteiger partial charge >= 0.3 is 6.36 Å². The average molecular weight is 400 g/mol. The van der Waals surface area contributed by atoms with Gasteiger partial charge < -0.3 is 10.1 Å². The lowest BCUT2D eigenvalue weighted by atomic mass is 9.77. The van der Waals surface area contributed by atoms with Crippen LogP contribution in [0.3, 0.4) is 0 Å². The SMILES string of the molecule is FC(F)(F)Oc1ccc2c(c1)[C@@H]1C=CC[C@H]1[C@@H](c1ccc(Cl)cc1Cl)N2. The van der Waals surface area contributed by atoms with E-state index in [0.717, 1.165) is 23.2 Å². The van der Waals surface area contributed by atoms with Gasteiger partial charge in [0.15, 0.2) is 0 Å². The van der Waals surface area contributed by atoms with E-state index in [-0.39, 0.29) is 23.6 Å². The molecular weight excluding hydrogens is 386 g/mol. The predicted octanol–water partition coefficient (Wildman–Crippen LogP) is 6.72. The Kier molecular flexibility index (Phi) is 4.32. The molecule has 0 bridgehead atoms. The second-order valence-corrected chi connectivity index (χ2v) is 7.28. The first-order chi connectivity index (χ1) is 12.3. The number of hydrogen-bond donors (Lipinski definition) is 1. The van der Waals surface area contributed by atoms with Crippen molar-refractivity contribution in [2.75, 3.05) is 5.32 Å². The summed E-state index contributed by atoms with van der Waals surface area (Å²) in [6.07, 6.45) is 0.199. The highest BCUT2D eigenvalue weighted by Gasteiger charge is 2.39. The number of alkyl halides is 3. The fraction of sp³-hybridized carbons (Fsp3) is 0.263. The maximum absolute atomic E-state index is 12.5. The Hall–Kier alpha value is -1.85. The van der Waals surface area contributed by atoms with Crippen LogP contribution in [0.4, 0.5) is 18.9 Å². The van der Waals surface area contributed by atoms with Crippen molar-refractivity contribution in [3.05, 3.63) is 69.7 Å². The number of nitrogens with one attached hydrogen (secondary N) is 1. The van der Waals surface area contributed by atoms with Gasteiger partial charge in [0.05, 0.1) is 6.04 Å². The minimum Gasteiger partial charge on any atom is -0.406 e. The minimum absolute atomic E-state index is 0.000205. The van der Waals surface area contributed by atoms with Crippen LogP contribution in [0, 0.1) is 5.92 Å². The Labute approximate surface area is 158 Å². The molecule has 2 aromatic carbocycles. The molecule has 0 spiro atoms. The van der Waals surface area contributed by atoms with E-state index in [1.54, 1.807) is 18.2 Å². The van der Waals surface area contributed by atoms with E-state index >= 15 is 0 Å². The van der Waals surface area contributed by atoms with Crippen molar-refractivity contribution in [2.45, 2.75) is 24.7 Å². The average Bonchev–Trinajstić information content (AvgIpc) is 3.03. The van der Waals surface area contributed by atoms with Crippen molar-refractivity contribution in [3.8, 4) is 5.75 Å². The maximum Gasteiger partial charge on any atom is 0.573 e. The molecule has 0 unspecified atom stereocenters. The molecule has 2 nitrogen and oxygen atoms in total. The standard InChI is InChI=1S/C19H14Cl2F3NO/c20-10-4-6-14(16(21)8-10)18-13-3-1-2-12(13)15-9-11(26-19(22,23)24)5-7-17(15)25-18/h1-2,4-9,12-13,18,25H,3H2/t12-,13-,18+/m1/s1. The van der Waals surface area contributed by atoms with Crippen LogP contribution in [0.5, 0.6) is 5.75 Å². The molecule has 1 heterocycles. The summed E-state index contributed by atoms with van der Waals surface area (Å²) in [6.45, 7) is 0. The molecule has 136 valence electrons. The van der Waals surface area contributed by atoms with E-state index in [1.807, 2.05) is 12.1 Å². The van der Waals surface area contributed by atoms with Gasteiger partial charge in [-0.1, -0.05) is 41.4 Å². The smallest absolute Gasteiger partial charge is 0.406 e. The van der Waals surface area contributed by atoms with E-state index in [1.165, 1.54) is 12.1 Å². The third-order valence-electron chi connectivity index (χ3n) is 4.87. The summed E-state index contributed by atoms with van der Waals surface area (Å²) >= 11 is 12.4. The molecule has 0 amide bonds. The van der Waals surface area contributed by atoms with Crippen LogP contribution in [0.1, 0.15) is 29.5 Å². The lowest BCUT2D eigenvalue weighted by Gasteiger charge is -2.38. The van der Waals surface area contributed by atoms with E-state index < -0.39 is 6.36 Å². The van der Waals surface area contributed by atoms with Crippen molar-refractivity contribution < 1.29 is 17.9 Å². The zero-order valence-electron chi connectivity index (χ0n) is 13.4. The zero-order valence-corrected chi connectivity index (χ0v) is 14.9. The molecule has 3 atom stereocenters. The Morgan fingerprint density at radius 3 is 2.58 bits per heavy atom. The first-order valence-corrected chi connectivity index (χ1v) is 8.85. The van der Waals surface area contributed by atoms with Gasteiger partial charge in [-0.15, -0.1) is 13.2 Å². The lowest BCUT2D eigenvalue weighted by Crippen LogP contribution is -2.29. The molecule has 1 aliphatic carbocycles. The second kappa shape index (κ2) is 6.39. The van der Waals surface area contributed by atoms with E-state index in [9.17, 15) is 13.2 Å². The Bertz CT molecular complexity index is 882. The lowest BCUT2D eigenvalue weighted by molar-refractivity contribution is -0.274. The monoisotopic (exact) mass is 399 g/mol. The molecule has 4 rings (SSSR count). The molecule has 26 heavy (non-hydrogen) atoms. The van der Waals surface area contributed by atoms with E-state index in [0.29, 0.717) is 10.0 Å². The van der Waals surface area contributed by atoms with Crippen LogP contribution in [-0.4, -0.2) is 6.36 Å². The predicted molar refractivity (Wildman–Crippen MR) is 95.9 cm³/mol. The van der Waals surface area contributed by atoms with Crippen LogP contribution in [0.15, 0.2) is 48.6 Å². The maximum atomic E-state index is 12.5. The number of fused-ring (bicyclic) bond motifs is 3. The Balaban J connectivity index is 1.72. The number of allylic oxidation sites excluding steroid dienone is 2. The van der Waals surface area contributed by atoms with Crippen molar-refractivity contribution in [1.29, 1.82) is 0 Å². The number of ether oxygens (including phenoxy) is 1. The van der Waals surface area contributed by atoms with Gasteiger partial charge in [-0.05, 0) is 53.8 Å². The molecule has 0 aromatic heterocycles. The number of benzene rings is 2. The van der Waals surface area contributed by atoms with E-state index in [2.05, 4.69) is 16.1 Å². The van der Waals surface area contributed by atoms with Crippen LogP contribution in [0.25, 0.3) is 0 Å². The fourth-order valence-electron chi connectivity index (χ4n) is 3.83. The summed E-state index contributed by atoms with van der Waals surface area (Å²) in [4.78, 5) is 0. The number of hydrogen-bond acceptors (Lipinski definition) is 2. The molecule has 7 heteroatoms. The quantitative estimate of drug-likeness (QED) is 0.565. The van der Waals surface area contributed by atoms with Gasteiger partial charge in [0.25, 0.3) is 0 Å². The fourth-order valence-corrected chi connectivity index (χ4v) is 4.36. The van der Waals surface area contributed by atoms with Crippen molar-refractivity contribution in [3.63, 3.8) is 0 Å². The molecule has 0 saturated heterocycles. The first-order valence-electron chi connectivity index (χ1n) is 8.10. The summed E-state index contributed by atoms with van der Waals surface area (Å²) in [5.41, 5.74) is 2.51. The summed E-state index contributed by atoms with van der Waals surface area (Å²) in [6, 6.07) is 9.73. The highest BCUT2D eigenvalue weighted by molar-refractivity contribution is 6.35. The van der Waals surface area contributed by atoms with Gasteiger partial charge in [-0.25, -0.2) is 0 Å². The van der Waals surface area contributed by atoms with Gasteiger partial charge in [-0.2, -0.15) is 0 Å². The van der Waals surface area contributed by atoms with Crippen LogP contribution in [-0.2, 0) is 0 Å². The molecule has 2 aromatic rings. The van der Waals surface area contributed by atoms with Crippen molar-refractivity contribution >= 4 is 28.9 Å². The highest BCUT2D eigenvalue weighted by atomic mass is 35.5. The summed E-state index contributed by atoms with van der Waals surface area (Å²) in [7, 11) is 0. The molecular formula is C19H14Cl2F3NO. The molecule has 1 N–H and O–H groups in total. The third kappa shape index (κ3) is 3.26. The Morgan fingerprint density at radius 1 is 1.04 bits per heavy atom. The van der Waals surface area contributed by atoms with Crippen LogP contribution in [0.2, 0.25) is 10.0 Å². The first kappa shape index (κ1) is 17.6. The van der Waals surface area contributed by atoms with Gasteiger partial charge in [-0.3, -0.25) is 0 Å². The van der Waals surface area contributed by atoms with Crippen molar-refractivity contribution in [2.24, 2.45) is 5.92 Å².